The molecule has 2 rings (SSSR count). The summed E-state index contributed by atoms with van der Waals surface area (Å²) in [6.07, 6.45) is 0. The molecular formula is C14H15N3O3. The number of carboxylic acid groups (broad SMARTS) is 1. The third-order valence-electron chi connectivity index (χ3n) is 3.20. The Morgan fingerprint density at radius 3 is 2.55 bits per heavy atom. The van der Waals surface area contributed by atoms with Gasteiger partial charge in [-0.15, -0.1) is 0 Å². The van der Waals surface area contributed by atoms with E-state index in [1.807, 2.05) is 26.0 Å². The molecule has 3 N–H and O–H groups in total. The summed E-state index contributed by atoms with van der Waals surface area (Å²) in [6.45, 7) is 3.85. The maximum atomic E-state index is 11.0. The quantitative estimate of drug-likeness (QED) is 0.888. The summed E-state index contributed by atoms with van der Waals surface area (Å²) < 4.78 is 5.25. The molecule has 20 heavy (non-hydrogen) atoms. The lowest BCUT2D eigenvalue weighted by molar-refractivity contribution is 0.0690. The third-order valence-corrected chi connectivity index (χ3v) is 3.20. The lowest BCUT2D eigenvalue weighted by Gasteiger charge is -2.12. The van der Waals surface area contributed by atoms with E-state index in [2.05, 4.69) is 9.97 Å². The summed E-state index contributed by atoms with van der Waals surface area (Å²) in [5.41, 5.74) is 8.66. The molecule has 1 heterocycles. The Morgan fingerprint density at radius 2 is 1.95 bits per heavy atom. The van der Waals surface area contributed by atoms with Crippen LogP contribution >= 0.6 is 0 Å². The normalized spacial score (nSPS) is 10.3. The monoisotopic (exact) mass is 273 g/mol. The molecule has 1 aromatic heterocycles. The molecule has 0 saturated heterocycles. The maximum Gasteiger partial charge on any atom is 0.354 e. The molecule has 0 aliphatic carbocycles. The number of carboxylic acids is 1. The highest BCUT2D eigenvalue weighted by atomic mass is 16.5. The molecule has 104 valence electrons. The van der Waals surface area contributed by atoms with E-state index >= 15 is 0 Å². The first-order valence-electron chi connectivity index (χ1n) is 5.96. The number of hydrogen-bond donors (Lipinski definition) is 2. The van der Waals surface area contributed by atoms with Gasteiger partial charge in [0.1, 0.15) is 5.75 Å². The lowest BCUT2D eigenvalue weighted by Crippen LogP contribution is -2.06. The fraction of sp³-hybridized carbons (Fsp3) is 0.214. The van der Waals surface area contributed by atoms with E-state index in [-0.39, 0.29) is 11.6 Å². The average molecular weight is 273 g/mol. The van der Waals surface area contributed by atoms with Crippen molar-refractivity contribution in [2.24, 2.45) is 0 Å². The van der Waals surface area contributed by atoms with Crippen molar-refractivity contribution >= 4 is 11.9 Å². The van der Waals surface area contributed by atoms with E-state index in [9.17, 15) is 4.79 Å². The van der Waals surface area contributed by atoms with Gasteiger partial charge in [0.05, 0.1) is 12.8 Å². The maximum absolute atomic E-state index is 11.0. The molecule has 0 bridgehead atoms. The van der Waals surface area contributed by atoms with Crippen LogP contribution in [-0.4, -0.2) is 28.2 Å². The smallest absolute Gasteiger partial charge is 0.354 e. The summed E-state index contributed by atoms with van der Waals surface area (Å²) in [6, 6.07) is 5.05. The number of nitrogens with two attached hydrogens (primary N) is 1. The fourth-order valence-corrected chi connectivity index (χ4v) is 2.01. The molecule has 0 fully saturated rings. The topological polar surface area (TPSA) is 98.3 Å². The van der Waals surface area contributed by atoms with Gasteiger partial charge in [0.2, 0.25) is 5.95 Å². The van der Waals surface area contributed by atoms with Gasteiger partial charge < -0.3 is 15.6 Å². The number of nitrogens with zero attached hydrogens (tertiary/aromatic N) is 2. The molecule has 1 aromatic carbocycles. The molecule has 0 atom stereocenters. The second-order valence-corrected chi connectivity index (χ2v) is 4.37. The zero-order valence-electron chi connectivity index (χ0n) is 11.5. The third kappa shape index (κ3) is 2.40. The van der Waals surface area contributed by atoms with Gasteiger partial charge in [0.15, 0.2) is 5.69 Å². The average Bonchev–Trinajstić information content (AvgIpc) is 2.41. The number of methoxy groups -OCH3 is 1. The van der Waals surface area contributed by atoms with Gasteiger partial charge in [0, 0.05) is 5.56 Å². The lowest BCUT2D eigenvalue weighted by atomic mass is 9.99. The van der Waals surface area contributed by atoms with Crippen molar-refractivity contribution < 1.29 is 14.6 Å². The first-order valence-corrected chi connectivity index (χ1v) is 5.96. The number of carbonyl (C=O) groups is 1. The Morgan fingerprint density at radius 1 is 1.25 bits per heavy atom. The minimum atomic E-state index is -1.14. The highest BCUT2D eigenvalue weighted by molar-refractivity contribution is 5.87. The molecule has 6 heteroatoms. The molecule has 0 amide bonds. The molecule has 2 aromatic rings. The summed E-state index contributed by atoms with van der Waals surface area (Å²) in [7, 11) is 1.60. The van der Waals surface area contributed by atoms with Crippen molar-refractivity contribution in [3.05, 3.63) is 35.0 Å². The van der Waals surface area contributed by atoms with Crippen LogP contribution in [0.2, 0.25) is 0 Å². The van der Waals surface area contributed by atoms with Gasteiger partial charge in [-0.1, -0.05) is 0 Å². The van der Waals surface area contributed by atoms with Gasteiger partial charge >= 0.3 is 5.97 Å². The molecule has 0 spiro atoms. The second kappa shape index (κ2) is 5.16. The summed E-state index contributed by atoms with van der Waals surface area (Å²) in [4.78, 5) is 18.8. The van der Waals surface area contributed by atoms with Gasteiger partial charge in [-0.2, -0.15) is 0 Å². The van der Waals surface area contributed by atoms with Crippen molar-refractivity contribution in [2.45, 2.75) is 13.8 Å². The Hall–Kier alpha value is -2.63. The number of rotatable bonds is 3. The van der Waals surface area contributed by atoms with E-state index in [1.54, 1.807) is 7.11 Å². The van der Waals surface area contributed by atoms with E-state index in [1.165, 1.54) is 6.07 Å². The van der Waals surface area contributed by atoms with E-state index in [0.717, 1.165) is 22.4 Å². The standard InChI is InChI=1S/C14H15N3O3/c1-7-8(2)12(20-3)5-4-9(7)10-6-11(13(18)19)17-14(15)16-10/h4-6H,1-3H3,(H,18,19)(H2,15,16,17). The molecule has 0 saturated carbocycles. The molecule has 0 radical (unpaired) electrons. The first-order chi connectivity index (χ1) is 9.43. The number of anilines is 1. The second-order valence-electron chi connectivity index (χ2n) is 4.37. The summed E-state index contributed by atoms with van der Waals surface area (Å²) >= 11 is 0. The van der Waals surface area contributed by atoms with E-state index < -0.39 is 5.97 Å². The molecule has 0 unspecified atom stereocenters. The Bertz CT molecular complexity index is 684. The SMILES string of the molecule is COc1ccc(-c2cc(C(=O)O)nc(N)n2)c(C)c1C. The van der Waals surface area contributed by atoms with Gasteiger partial charge in [-0.3, -0.25) is 0 Å². The Balaban J connectivity index is 2.63. The predicted octanol–water partition coefficient (Wildman–Crippen LogP) is 2.05. The minimum absolute atomic E-state index is 0.0622. The molecule has 0 aliphatic rings. The van der Waals surface area contributed by atoms with Crippen molar-refractivity contribution in [3.8, 4) is 17.0 Å². The number of hydrogen-bond acceptors (Lipinski definition) is 5. The fourth-order valence-electron chi connectivity index (χ4n) is 2.01. The molecule has 0 aliphatic heterocycles. The largest absolute Gasteiger partial charge is 0.496 e. The number of benzene rings is 1. The van der Waals surface area contributed by atoms with Crippen LogP contribution in [0.25, 0.3) is 11.3 Å². The predicted molar refractivity (Wildman–Crippen MR) is 74.9 cm³/mol. The Labute approximate surface area is 116 Å². The zero-order valence-corrected chi connectivity index (χ0v) is 11.5. The number of ether oxygens (including phenoxy) is 1. The van der Waals surface area contributed by atoms with Crippen LogP contribution < -0.4 is 10.5 Å². The zero-order chi connectivity index (χ0) is 14.9. The number of aromatic carboxylic acids is 1. The van der Waals surface area contributed by atoms with Crippen LogP contribution in [0.15, 0.2) is 18.2 Å². The van der Waals surface area contributed by atoms with Crippen LogP contribution in [0.5, 0.6) is 5.75 Å². The molecule has 6 nitrogen and oxygen atoms in total. The van der Waals surface area contributed by atoms with E-state index in [4.69, 9.17) is 15.6 Å². The van der Waals surface area contributed by atoms with Crippen molar-refractivity contribution in [2.75, 3.05) is 12.8 Å². The van der Waals surface area contributed by atoms with Gasteiger partial charge in [0.25, 0.3) is 0 Å². The van der Waals surface area contributed by atoms with Crippen LogP contribution in [0, 0.1) is 13.8 Å². The van der Waals surface area contributed by atoms with Crippen molar-refractivity contribution in [1.29, 1.82) is 0 Å². The Kier molecular flexibility index (Phi) is 3.56. The number of nitrogen functional groups attached to an aromatic ring is 1. The van der Waals surface area contributed by atoms with Crippen molar-refractivity contribution in [3.63, 3.8) is 0 Å². The van der Waals surface area contributed by atoms with E-state index in [0.29, 0.717) is 5.69 Å². The minimum Gasteiger partial charge on any atom is -0.496 e. The first kappa shape index (κ1) is 13.8. The highest BCUT2D eigenvalue weighted by Crippen LogP contribution is 2.30. The van der Waals surface area contributed by atoms with Gasteiger partial charge in [-0.05, 0) is 43.2 Å². The highest BCUT2D eigenvalue weighted by Gasteiger charge is 2.14. The number of aromatic nitrogens is 2. The van der Waals surface area contributed by atoms with Gasteiger partial charge in [-0.25, -0.2) is 14.8 Å². The summed E-state index contributed by atoms with van der Waals surface area (Å²) in [5.74, 6) is -0.428. The van der Waals surface area contributed by atoms with Crippen LogP contribution in [0.4, 0.5) is 5.95 Å². The van der Waals surface area contributed by atoms with Crippen molar-refractivity contribution in [1.82, 2.24) is 9.97 Å². The summed E-state index contributed by atoms with van der Waals surface area (Å²) in [5, 5.41) is 9.02. The molecular weight excluding hydrogens is 258 g/mol. The van der Waals surface area contributed by atoms with Crippen LogP contribution in [0.1, 0.15) is 21.6 Å². The van der Waals surface area contributed by atoms with Crippen LogP contribution in [0.3, 0.4) is 0 Å². The van der Waals surface area contributed by atoms with Crippen LogP contribution in [-0.2, 0) is 0 Å².